The molecule has 0 aliphatic heterocycles. The first-order valence-electron chi connectivity index (χ1n) is 3.69. The molecule has 0 aliphatic carbocycles. The summed E-state index contributed by atoms with van der Waals surface area (Å²) in [5, 5.41) is 9.91. The van der Waals surface area contributed by atoms with E-state index in [2.05, 4.69) is 0 Å². The standard InChI is InChI=1S/C9H9Cl2NO/c10-7-5-9(13)8(11)4-6(7)2-1-3-12/h1-2,4-5,13H,3,12H2. The molecule has 1 aromatic carbocycles. The number of phenols is 1. The molecule has 3 N–H and O–H groups in total. The first-order valence-corrected chi connectivity index (χ1v) is 4.45. The van der Waals surface area contributed by atoms with Gasteiger partial charge >= 0.3 is 0 Å². The summed E-state index contributed by atoms with van der Waals surface area (Å²) in [7, 11) is 0. The van der Waals surface area contributed by atoms with Crippen molar-refractivity contribution in [1.82, 2.24) is 0 Å². The molecule has 13 heavy (non-hydrogen) atoms. The van der Waals surface area contributed by atoms with E-state index in [1.807, 2.05) is 0 Å². The second-order valence-corrected chi connectivity index (χ2v) is 3.28. The largest absolute Gasteiger partial charge is 0.506 e. The molecule has 0 aromatic heterocycles. The summed E-state index contributed by atoms with van der Waals surface area (Å²) >= 11 is 11.5. The van der Waals surface area contributed by atoms with Crippen LogP contribution in [0, 0.1) is 0 Å². The maximum Gasteiger partial charge on any atom is 0.135 e. The number of phenolic OH excluding ortho intramolecular Hbond substituents is 1. The zero-order valence-corrected chi connectivity index (χ0v) is 8.31. The minimum atomic E-state index is -0.0171. The SMILES string of the molecule is NCC=Cc1cc(Cl)c(O)cc1Cl. The Labute approximate surface area is 86.6 Å². The number of hydrogen-bond donors (Lipinski definition) is 2. The lowest BCUT2D eigenvalue weighted by Crippen LogP contribution is -1.92. The van der Waals surface area contributed by atoms with E-state index in [0.29, 0.717) is 11.6 Å². The van der Waals surface area contributed by atoms with Gasteiger partial charge in [0.2, 0.25) is 0 Å². The average Bonchev–Trinajstić information content (AvgIpc) is 2.09. The number of rotatable bonds is 2. The van der Waals surface area contributed by atoms with Gasteiger partial charge in [0.1, 0.15) is 5.75 Å². The molecule has 1 rings (SSSR count). The number of hydrogen-bond acceptors (Lipinski definition) is 2. The highest BCUT2D eigenvalue weighted by Gasteiger charge is 2.03. The fourth-order valence-electron chi connectivity index (χ4n) is 0.874. The molecule has 0 fully saturated rings. The zero-order chi connectivity index (χ0) is 9.84. The summed E-state index contributed by atoms with van der Waals surface area (Å²) in [4.78, 5) is 0. The Morgan fingerprint density at radius 3 is 2.62 bits per heavy atom. The summed E-state index contributed by atoms with van der Waals surface area (Å²) in [5.41, 5.74) is 6.03. The predicted octanol–water partition coefficient (Wildman–Crippen LogP) is 2.67. The third-order valence-corrected chi connectivity index (χ3v) is 2.13. The molecule has 4 heteroatoms. The Balaban J connectivity index is 3.08. The van der Waals surface area contributed by atoms with Crippen LogP contribution in [0.2, 0.25) is 10.0 Å². The normalized spacial score (nSPS) is 11.0. The molecule has 0 spiro atoms. The van der Waals surface area contributed by atoms with Crippen LogP contribution in [0.25, 0.3) is 6.08 Å². The van der Waals surface area contributed by atoms with Crippen LogP contribution in [0.5, 0.6) is 5.75 Å². The third kappa shape index (κ3) is 2.62. The van der Waals surface area contributed by atoms with E-state index in [9.17, 15) is 5.11 Å². The van der Waals surface area contributed by atoms with Crippen LogP contribution in [-0.4, -0.2) is 11.7 Å². The van der Waals surface area contributed by atoms with Gasteiger partial charge in [-0.1, -0.05) is 35.4 Å². The summed E-state index contributed by atoms with van der Waals surface area (Å²) in [5.74, 6) is -0.0171. The van der Waals surface area contributed by atoms with Gasteiger partial charge in [-0.05, 0) is 11.6 Å². The molecular weight excluding hydrogens is 209 g/mol. The fourth-order valence-corrected chi connectivity index (χ4v) is 1.27. The highest BCUT2D eigenvalue weighted by atomic mass is 35.5. The van der Waals surface area contributed by atoms with Gasteiger partial charge in [0, 0.05) is 12.6 Å². The van der Waals surface area contributed by atoms with Crippen molar-refractivity contribution in [3.63, 3.8) is 0 Å². The molecule has 2 nitrogen and oxygen atoms in total. The number of aromatic hydroxyl groups is 1. The summed E-state index contributed by atoms with van der Waals surface area (Å²) < 4.78 is 0. The van der Waals surface area contributed by atoms with E-state index in [4.69, 9.17) is 28.9 Å². The van der Waals surface area contributed by atoms with Gasteiger partial charge in [0.15, 0.2) is 0 Å². The van der Waals surface area contributed by atoms with E-state index >= 15 is 0 Å². The van der Waals surface area contributed by atoms with Crippen LogP contribution in [0.1, 0.15) is 5.56 Å². The average molecular weight is 218 g/mol. The zero-order valence-electron chi connectivity index (χ0n) is 6.80. The number of nitrogens with two attached hydrogens (primary N) is 1. The Morgan fingerprint density at radius 2 is 2.00 bits per heavy atom. The van der Waals surface area contributed by atoms with Crippen molar-refractivity contribution in [2.75, 3.05) is 6.54 Å². The van der Waals surface area contributed by atoms with Gasteiger partial charge in [-0.2, -0.15) is 0 Å². The second-order valence-electron chi connectivity index (χ2n) is 2.46. The van der Waals surface area contributed by atoms with Crippen LogP contribution >= 0.6 is 23.2 Å². The van der Waals surface area contributed by atoms with Crippen molar-refractivity contribution in [1.29, 1.82) is 0 Å². The quantitative estimate of drug-likeness (QED) is 0.801. The molecule has 0 radical (unpaired) electrons. The van der Waals surface area contributed by atoms with E-state index in [0.717, 1.165) is 5.56 Å². The Kier molecular flexibility index (Phi) is 3.60. The second kappa shape index (κ2) is 4.51. The van der Waals surface area contributed by atoms with E-state index < -0.39 is 0 Å². The smallest absolute Gasteiger partial charge is 0.135 e. The van der Waals surface area contributed by atoms with Crippen LogP contribution in [0.3, 0.4) is 0 Å². The third-order valence-electron chi connectivity index (χ3n) is 1.50. The van der Waals surface area contributed by atoms with Gasteiger partial charge in [0.05, 0.1) is 10.0 Å². The maximum absolute atomic E-state index is 9.18. The molecule has 0 aliphatic rings. The first-order chi connectivity index (χ1) is 6.15. The Morgan fingerprint density at radius 1 is 1.31 bits per heavy atom. The van der Waals surface area contributed by atoms with Gasteiger partial charge < -0.3 is 10.8 Å². The molecule has 0 saturated carbocycles. The lowest BCUT2D eigenvalue weighted by atomic mass is 10.2. The molecule has 0 atom stereocenters. The summed E-state index contributed by atoms with van der Waals surface area (Å²) in [6, 6.07) is 2.99. The van der Waals surface area contributed by atoms with Gasteiger partial charge in [0.25, 0.3) is 0 Å². The predicted molar refractivity (Wildman–Crippen MR) is 56.2 cm³/mol. The molecule has 0 saturated heterocycles. The topological polar surface area (TPSA) is 46.2 Å². The summed E-state index contributed by atoms with van der Waals surface area (Å²) in [6.45, 7) is 0.439. The van der Waals surface area contributed by atoms with Crippen molar-refractivity contribution >= 4 is 29.3 Å². The van der Waals surface area contributed by atoms with Crippen LogP contribution in [-0.2, 0) is 0 Å². The Hall–Kier alpha value is -0.700. The molecule has 70 valence electrons. The van der Waals surface area contributed by atoms with Gasteiger partial charge in [-0.3, -0.25) is 0 Å². The lowest BCUT2D eigenvalue weighted by molar-refractivity contribution is 0.475. The monoisotopic (exact) mass is 217 g/mol. The molecule has 1 aromatic rings. The van der Waals surface area contributed by atoms with E-state index in [1.54, 1.807) is 18.2 Å². The number of halogens is 2. The molecule has 0 heterocycles. The van der Waals surface area contributed by atoms with Crippen molar-refractivity contribution in [2.24, 2.45) is 5.73 Å². The molecule has 0 amide bonds. The van der Waals surface area contributed by atoms with Crippen LogP contribution < -0.4 is 5.73 Å². The molecule has 0 bridgehead atoms. The molecular formula is C9H9Cl2NO. The van der Waals surface area contributed by atoms with E-state index in [1.165, 1.54) is 6.07 Å². The minimum absolute atomic E-state index is 0.0171. The van der Waals surface area contributed by atoms with Crippen molar-refractivity contribution in [2.45, 2.75) is 0 Å². The lowest BCUT2D eigenvalue weighted by Gasteiger charge is -2.01. The van der Waals surface area contributed by atoms with E-state index in [-0.39, 0.29) is 10.8 Å². The molecule has 0 unspecified atom stereocenters. The van der Waals surface area contributed by atoms with Crippen molar-refractivity contribution in [3.05, 3.63) is 33.8 Å². The van der Waals surface area contributed by atoms with Crippen LogP contribution in [0.4, 0.5) is 0 Å². The first kappa shape index (κ1) is 10.4. The van der Waals surface area contributed by atoms with Crippen molar-refractivity contribution in [3.8, 4) is 5.75 Å². The van der Waals surface area contributed by atoms with Gasteiger partial charge in [-0.25, -0.2) is 0 Å². The maximum atomic E-state index is 9.18. The Bertz CT molecular complexity index is 337. The highest BCUT2D eigenvalue weighted by molar-refractivity contribution is 6.35. The van der Waals surface area contributed by atoms with Gasteiger partial charge in [-0.15, -0.1) is 0 Å². The number of benzene rings is 1. The summed E-state index contributed by atoms with van der Waals surface area (Å²) in [6.07, 6.45) is 3.52. The minimum Gasteiger partial charge on any atom is -0.506 e. The fraction of sp³-hybridized carbons (Fsp3) is 0.111. The highest BCUT2D eigenvalue weighted by Crippen LogP contribution is 2.30. The van der Waals surface area contributed by atoms with Crippen LogP contribution in [0.15, 0.2) is 18.2 Å². The van der Waals surface area contributed by atoms with Crippen molar-refractivity contribution < 1.29 is 5.11 Å².